The maximum atomic E-state index is 12.0. The third-order valence-corrected chi connectivity index (χ3v) is 4.09. The van der Waals surface area contributed by atoms with Crippen LogP contribution in [-0.4, -0.2) is 38.1 Å². The number of hydrogen-bond acceptors (Lipinski definition) is 3. The predicted molar refractivity (Wildman–Crippen MR) is 97.6 cm³/mol. The molecule has 1 N–H and O–H groups in total. The van der Waals surface area contributed by atoms with Gasteiger partial charge in [-0.25, -0.2) is 0 Å². The summed E-state index contributed by atoms with van der Waals surface area (Å²) < 4.78 is 5.46. The van der Waals surface area contributed by atoms with Crippen LogP contribution in [0.25, 0.3) is 0 Å². The van der Waals surface area contributed by atoms with Crippen LogP contribution in [0.4, 0.5) is 0 Å². The Morgan fingerprint density at radius 3 is 2.46 bits per heavy atom. The molecule has 5 heteroatoms. The Labute approximate surface area is 148 Å². The van der Waals surface area contributed by atoms with Gasteiger partial charge in [0, 0.05) is 6.54 Å². The monoisotopic (exact) mass is 346 g/mol. The van der Waals surface area contributed by atoms with Gasteiger partial charge in [-0.2, -0.15) is 0 Å². The topological polar surface area (TPSA) is 41.6 Å². The van der Waals surface area contributed by atoms with Gasteiger partial charge in [0.05, 0.1) is 11.1 Å². The number of nitrogens with one attached hydrogen (secondary N) is 1. The zero-order chi connectivity index (χ0) is 17.5. The summed E-state index contributed by atoms with van der Waals surface area (Å²) in [6, 6.07) is 15.5. The summed E-state index contributed by atoms with van der Waals surface area (Å²) in [7, 11) is 3.99. The maximum absolute atomic E-state index is 12.0. The molecule has 0 unspecified atom stereocenters. The van der Waals surface area contributed by atoms with Crippen LogP contribution in [0.15, 0.2) is 48.5 Å². The van der Waals surface area contributed by atoms with E-state index >= 15 is 0 Å². The summed E-state index contributed by atoms with van der Waals surface area (Å²) >= 11 is 6.01. The predicted octanol–water partition coefficient (Wildman–Crippen LogP) is 3.45. The van der Waals surface area contributed by atoms with Gasteiger partial charge in [0.15, 0.2) is 6.61 Å². The van der Waals surface area contributed by atoms with E-state index in [0.717, 1.165) is 5.56 Å². The minimum atomic E-state index is -0.172. The van der Waals surface area contributed by atoms with Crippen molar-refractivity contribution in [3.63, 3.8) is 0 Å². The molecule has 0 aliphatic heterocycles. The number of rotatable bonds is 7. The average Bonchev–Trinajstić information content (AvgIpc) is 2.55. The molecule has 2 aromatic rings. The Kier molecular flexibility index (Phi) is 6.64. The molecular formula is C19H23ClN2O2. The molecule has 1 amide bonds. The van der Waals surface area contributed by atoms with Crippen molar-refractivity contribution in [3.05, 3.63) is 64.7 Å². The molecule has 24 heavy (non-hydrogen) atoms. The molecule has 2 aromatic carbocycles. The highest BCUT2D eigenvalue weighted by atomic mass is 35.5. The molecule has 0 radical (unpaired) electrons. The van der Waals surface area contributed by atoms with Crippen LogP contribution >= 0.6 is 11.6 Å². The highest BCUT2D eigenvalue weighted by molar-refractivity contribution is 6.32. The zero-order valence-electron chi connectivity index (χ0n) is 14.3. The third-order valence-electron chi connectivity index (χ3n) is 3.77. The summed E-state index contributed by atoms with van der Waals surface area (Å²) in [6.07, 6.45) is 0. The lowest BCUT2D eigenvalue weighted by atomic mass is 10.0. The first kappa shape index (κ1) is 18.3. The van der Waals surface area contributed by atoms with Gasteiger partial charge in [0.2, 0.25) is 0 Å². The van der Waals surface area contributed by atoms with E-state index in [0.29, 0.717) is 17.3 Å². The van der Waals surface area contributed by atoms with Crippen molar-refractivity contribution in [2.24, 2.45) is 0 Å². The second-order valence-corrected chi connectivity index (χ2v) is 6.32. The number of benzene rings is 2. The second-order valence-electron chi connectivity index (χ2n) is 5.91. The summed E-state index contributed by atoms with van der Waals surface area (Å²) in [5, 5.41) is 3.41. The minimum absolute atomic E-state index is 0.0578. The van der Waals surface area contributed by atoms with Crippen LogP contribution in [0.5, 0.6) is 5.75 Å². The quantitative estimate of drug-likeness (QED) is 0.835. The summed E-state index contributed by atoms with van der Waals surface area (Å²) in [5.41, 5.74) is 2.38. The first-order valence-corrected chi connectivity index (χ1v) is 8.22. The number of para-hydroxylation sites is 1. The normalized spacial score (nSPS) is 12.0. The van der Waals surface area contributed by atoms with Gasteiger partial charge in [-0.15, -0.1) is 0 Å². The van der Waals surface area contributed by atoms with E-state index in [2.05, 4.69) is 41.4 Å². The largest absolute Gasteiger partial charge is 0.482 e. The number of nitrogens with zero attached hydrogens (tertiary/aromatic N) is 1. The Bertz CT molecular complexity index is 671. The van der Waals surface area contributed by atoms with Crippen molar-refractivity contribution in [1.82, 2.24) is 10.2 Å². The van der Waals surface area contributed by atoms with E-state index in [-0.39, 0.29) is 18.6 Å². The van der Waals surface area contributed by atoms with Crippen molar-refractivity contribution in [3.8, 4) is 5.75 Å². The molecule has 0 aliphatic rings. The molecule has 0 saturated carbocycles. The fraction of sp³-hybridized carbons (Fsp3) is 0.316. The van der Waals surface area contributed by atoms with E-state index in [1.807, 2.05) is 26.2 Å². The van der Waals surface area contributed by atoms with Gasteiger partial charge in [-0.1, -0.05) is 53.6 Å². The molecule has 128 valence electrons. The first-order valence-electron chi connectivity index (χ1n) is 7.84. The van der Waals surface area contributed by atoms with Gasteiger partial charge in [-0.3, -0.25) is 4.79 Å². The molecule has 0 saturated heterocycles. The molecule has 0 aliphatic carbocycles. The molecule has 0 heterocycles. The number of aryl methyl sites for hydroxylation is 1. The Hall–Kier alpha value is -2.04. The van der Waals surface area contributed by atoms with Crippen molar-refractivity contribution >= 4 is 17.5 Å². The van der Waals surface area contributed by atoms with Gasteiger partial charge in [0.25, 0.3) is 5.91 Å². The Morgan fingerprint density at radius 1 is 1.17 bits per heavy atom. The van der Waals surface area contributed by atoms with E-state index in [1.54, 1.807) is 12.1 Å². The van der Waals surface area contributed by atoms with Crippen LogP contribution in [0.2, 0.25) is 5.02 Å². The summed E-state index contributed by atoms with van der Waals surface area (Å²) in [4.78, 5) is 14.1. The average molecular weight is 347 g/mol. The molecule has 0 spiro atoms. The molecule has 4 nitrogen and oxygen atoms in total. The minimum Gasteiger partial charge on any atom is -0.482 e. The number of carbonyl (C=O) groups excluding carboxylic acids is 1. The van der Waals surface area contributed by atoms with Crippen LogP contribution in [0.3, 0.4) is 0 Å². The number of likely N-dealkylation sites (N-methyl/N-ethyl adjacent to an activating group) is 1. The van der Waals surface area contributed by atoms with E-state index in [4.69, 9.17) is 16.3 Å². The maximum Gasteiger partial charge on any atom is 0.258 e. The van der Waals surface area contributed by atoms with Crippen molar-refractivity contribution in [1.29, 1.82) is 0 Å². The van der Waals surface area contributed by atoms with Gasteiger partial charge < -0.3 is 15.0 Å². The van der Waals surface area contributed by atoms with Crippen molar-refractivity contribution in [2.45, 2.75) is 13.0 Å². The SMILES string of the molecule is Cc1ccc([C@@H](CNC(=O)COc2ccccc2Cl)N(C)C)cc1. The van der Waals surface area contributed by atoms with Gasteiger partial charge in [-0.05, 0) is 38.7 Å². The van der Waals surface area contributed by atoms with Crippen LogP contribution in [0, 0.1) is 6.92 Å². The van der Waals surface area contributed by atoms with Crippen LogP contribution in [-0.2, 0) is 4.79 Å². The number of carbonyl (C=O) groups is 1. The van der Waals surface area contributed by atoms with Crippen molar-refractivity contribution < 1.29 is 9.53 Å². The molecule has 0 fully saturated rings. The number of hydrogen-bond donors (Lipinski definition) is 1. The number of amides is 1. The van der Waals surface area contributed by atoms with Crippen LogP contribution in [0.1, 0.15) is 17.2 Å². The summed E-state index contributed by atoms with van der Waals surface area (Å²) in [6.45, 7) is 2.51. The molecule has 1 atom stereocenters. The Morgan fingerprint density at radius 2 is 1.83 bits per heavy atom. The fourth-order valence-corrected chi connectivity index (χ4v) is 2.54. The first-order chi connectivity index (χ1) is 11.5. The smallest absolute Gasteiger partial charge is 0.258 e. The second kappa shape index (κ2) is 8.71. The standard InChI is InChI=1S/C19H23ClN2O2/c1-14-8-10-15(11-9-14)17(22(2)3)12-21-19(23)13-24-18-7-5-4-6-16(18)20/h4-11,17H,12-13H2,1-3H3,(H,21,23)/t17-/m1/s1. The van der Waals surface area contributed by atoms with E-state index < -0.39 is 0 Å². The molecular weight excluding hydrogens is 324 g/mol. The summed E-state index contributed by atoms with van der Waals surface area (Å²) in [5.74, 6) is 0.339. The van der Waals surface area contributed by atoms with E-state index in [9.17, 15) is 4.79 Å². The van der Waals surface area contributed by atoms with Crippen molar-refractivity contribution in [2.75, 3.05) is 27.2 Å². The number of ether oxygens (including phenoxy) is 1. The highest BCUT2D eigenvalue weighted by Crippen LogP contribution is 2.23. The Balaban J connectivity index is 1.88. The lowest BCUT2D eigenvalue weighted by Gasteiger charge is -2.25. The lowest BCUT2D eigenvalue weighted by Crippen LogP contribution is -2.36. The zero-order valence-corrected chi connectivity index (χ0v) is 15.0. The van der Waals surface area contributed by atoms with Gasteiger partial charge in [0.1, 0.15) is 5.75 Å². The fourth-order valence-electron chi connectivity index (χ4n) is 2.35. The molecule has 2 rings (SSSR count). The number of halogens is 1. The molecule has 0 aromatic heterocycles. The molecule has 0 bridgehead atoms. The third kappa shape index (κ3) is 5.25. The van der Waals surface area contributed by atoms with Gasteiger partial charge >= 0.3 is 0 Å². The highest BCUT2D eigenvalue weighted by Gasteiger charge is 2.15. The lowest BCUT2D eigenvalue weighted by molar-refractivity contribution is -0.123. The van der Waals surface area contributed by atoms with E-state index in [1.165, 1.54) is 5.56 Å². The van der Waals surface area contributed by atoms with Crippen LogP contribution < -0.4 is 10.1 Å².